The minimum Gasteiger partial charge on any atom is -0.366 e. The Morgan fingerprint density at radius 1 is 1.05 bits per heavy atom. The van der Waals surface area contributed by atoms with Crippen molar-refractivity contribution in [1.29, 1.82) is 5.26 Å². The highest BCUT2D eigenvalue weighted by molar-refractivity contribution is 6.07. The Kier molecular flexibility index (Phi) is 7.92. The zero-order valence-corrected chi connectivity index (χ0v) is 22.7. The first-order valence-electron chi connectivity index (χ1n) is 13.6. The van der Waals surface area contributed by atoms with Crippen LogP contribution in [-0.2, 0) is 22.6 Å². The van der Waals surface area contributed by atoms with Gasteiger partial charge in [-0.15, -0.1) is 0 Å². The van der Waals surface area contributed by atoms with Crippen molar-refractivity contribution >= 4 is 28.5 Å². The van der Waals surface area contributed by atoms with Crippen LogP contribution in [0.5, 0.6) is 0 Å². The average molecular weight is 552 g/mol. The number of likely N-dealkylation sites (tertiary alicyclic amines) is 1. The van der Waals surface area contributed by atoms with Gasteiger partial charge in [-0.3, -0.25) is 19.4 Å². The molecule has 0 spiro atoms. The number of Topliss-reactive ketones (excluding diaryl/α,β-unsaturated/α-hetero) is 1. The third kappa shape index (κ3) is 6.02. The molecule has 2 aromatic carbocycles. The summed E-state index contributed by atoms with van der Waals surface area (Å²) in [7, 11) is 0. The lowest BCUT2D eigenvalue weighted by molar-refractivity contribution is -0.139. The molecule has 1 unspecified atom stereocenters. The molecule has 1 aliphatic heterocycles. The van der Waals surface area contributed by atoms with Gasteiger partial charge in [0.2, 0.25) is 5.91 Å². The fraction of sp³-hybridized carbons (Fsp3) is 0.281. The fourth-order valence-corrected chi connectivity index (χ4v) is 5.51. The molecule has 1 aliphatic rings. The van der Waals surface area contributed by atoms with Gasteiger partial charge in [-0.25, -0.2) is 4.39 Å². The third-order valence-electron chi connectivity index (χ3n) is 7.58. The number of hydrogen-bond donors (Lipinski definition) is 1. The zero-order valence-electron chi connectivity index (χ0n) is 22.7. The van der Waals surface area contributed by atoms with Crippen LogP contribution >= 0.6 is 0 Å². The molecule has 3 heterocycles. The molecule has 2 atom stereocenters. The molecule has 0 bridgehead atoms. The van der Waals surface area contributed by atoms with Crippen molar-refractivity contribution in [2.45, 2.75) is 51.4 Å². The number of benzene rings is 2. The maximum atomic E-state index is 14.4. The summed E-state index contributed by atoms with van der Waals surface area (Å²) in [5.74, 6) is -1.16. The number of pyridine rings is 1. The largest absolute Gasteiger partial charge is 0.366 e. The van der Waals surface area contributed by atoms with E-state index in [1.165, 1.54) is 4.90 Å². The smallest absolute Gasteiger partial charge is 0.250 e. The summed E-state index contributed by atoms with van der Waals surface area (Å²) < 4.78 is 16.1. The Balaban J connectivity index is 1.44. The van der Waals surface area contributed by atoms with Gasteiger partial charge in [-0.2, -0.15) is 5.26 Å². The molecular weight excluding hydrogens is 521 g/mol. The molecule has 1 saturated heterocycles. The fourth-order valence-electron chi connectivity index (χ4n) is 5.51. The summed E-state index contributed by atoms with van der Waals surface area (Å²) in [6.07, 6.45) is 1.11. The summed E-state index contributed by atoms with van der Waals surface area (Å²) in [6.45, 7) is 1.83. The van der Waals surface area contributed by atoms with E-state index >= 15 is 0 Å². The number of carbonyl (C=O) groups excluding carboxylic acids is 3. The number of alkyl halides is 1. The maximum Gasteiger partial charge on any atom is 0.250 e. The number of aromatic nitrogens is 2. The number of aryl methyl sites for hydroxylation is 1. The highest BCUT2D eigenvalue weighted by Gasteiger charge is 2.33. The zero-order chi connectivity index (χ0) is 29.1. The van der Waals surface area contributed by atoms with E-state index in [1.54, 1.807) is 41.1 Å². The summed E-state index contributed by atoms with van der Waals surface area (Å²) >= 11 is 0. The Morgan fingerprint density at radius 2 is 1.83 bits per heavy atom. The molecule has 0 aliphatic carbocycles. The van der Waals surface area contributed by atoms with Crippen molar-refractivity contribution in [2.75, 3.05) is 6.54 Å². The second-order valence-electron chi connectivity index (χ2n) is 10.4. The molecule has 4 aromatic rings. The van der Waals surface area contributed by atoms with Gasteiger partial charge in [-0.05, 0) is 73.7 Å². The van der Waals surface area contributed by atoms with Crippen molar-refractivity contribution in [3.63, 3.8) is 0 Å². The van der Waals surface area contributed by atoms with E-state index in [9.17, 15) is 24.0 Å². The summed E-state index contributed by atoms with van der Waals surface area (Å²) in [4.78, 5) is 45.3. The van der Waals surface area contributed by atoms with Crippen molar-refractivity contribution in [3.05, 3.63) is 89.4 Å². The minimum absolute atomic E-state index is 0.0567. The van der Waals surface area contributed by atoms with Gasteiger partial charge < -0.3 is 15.2 Å². The van der Waals surface area contributed by atoms with Crippen molar-refractivity contribution in [1.82, 2.24) is 14.5 Å². The average Bonchev–Trinajstić information content (AvgIpc) is 3.19. The molecule has 208 valence electrons. The van der Waals surface area contributed by atoms with E-state index in [2.05, 4.69) is 11.1 Å². The van der Waals surface area contributed by atoms with Gasteiger partial charge in [0.1, 0.15) is 12.7 Å². The second kappa shape index (κ2) is 11.7. The van der Waals surface area contributed by atoms with Gasteiger partial charge in [0.25, 0.3) is 5.91 Å². The lowest BCUT2D eigenvalue weighted by atomic mass is 10.0. The Bertz CT molecular complexity index is 1690. The number of hydrogen-bond acceptors (Lipinski definition) is 5. The first kappa shape index (κ1) is 27.7. The van der Waals surface area contributed by atoms with Gasteiger partial charge in [0.15, 0.2) is 5.78 Å². The molecule has 2 N–H and O–H groups in total. The molecule has 2 amide bonds. The Hall–Kier alpha value is -4.84. The summed E-state index contributed by atoms with van der Waals surface area (Å²) in [6, 6.07) is 19.4. The van der Waals surface area contributed by atoms with Crippen LogP contribution in [0.15, 0.2) is 66.9 Å². The molecule has 41 heavy (non-hydrogen) atoms. The van der Waals surface area contributed by atoms with Crippen LogP contribution in [0.3, 0.4) is 0 Å². The van der Waals surface area contributed by atoms with E-state index in [0.29, 0.717) is 22.2 Å². The van der Waals surface area contributed by atoms with Gasteiger partial charge >= 0.3 is 0 Å². The van der Waals surface area contributed by atoms with Crippen LogP contribution in [0.2, 0.25) is 0 Å². The number of ketones is 1. The van der Waals surface area contributed by atoms with Crippen molar-refractivity contribution in [3.8, 4) is 17.2 Å². The van der Waals surface area contributed by atoms with Crippen molar-refractivity contribution < 1.29 is 18.8 Å². The van der Waals surface area contributed by atoms with E-state index in [-0.39, 0.29) is 56.0 Å². The SMILES string of the molecule is Cc1cccc(CC(=O)[C@@H]2CCC(F)CCN2C(=O)Cn2cc(C(N)=O)c3cc(-c4cccc(C#N)c4)ccc32)n1. The molecule has 9 heteroatoms. The highest BCUT2D eigenvalue weighted by atomic mass is 19.1. The topological polar surface area (TPSA) is 122 Å². The highest BCUT2D eigenvalue weighted by Crippen LogP contribution is 2.29. The van der Waals surface area contributed by atoms with Crippen LogP contribution in [0.1, 0.15) is 46.6 Å². The standard InChI is InChI=1S/C32H30FN5O3/c1-20-4-2-7-25(36-20)16-30(39)29-11-9-24(33)12-13-38(29)31(40)19-37-18-27(32(35)41)26-15-23(8-10-28(26)37)22-6-3-5-21(14-22)17-34/h2-8,10,14-15,18,24,29H,9,11-13,16,19H2,1H3,(H2,35,41)/t24?,29-/m0/s1. The number of primary amides is 1. The predicted molar refractivity (Wildman–Crippen MR) is 153 cm³/mol. The molecule has 0 saturated carbocycles. The predicted octanol–water partition coefficient (Wildman–Crippen LogP) is 4.51. The number of carbonyl (C=O) groups is 3. The third-order valence-corrected chi connectivity index (χ3v) is 7.58. The first-order chi connectivity index (χ1) is 19.7. The molecule has 0 radical (unpaired) electrons. The Labute approximate surface area is 237 Å². The van der Waals surface area contributed by atoms with Crippen LogP contribution in [0.4, 0.5) is 4.39 Å². The molecule has 2 aromatic heterocycles. The van der Waals surface area contributed by atoms with E-state index in [0.717, 1.165) is 16.8 Å². The van der Waals surface area contributed by atoms with Crippen molar-refractivity contribution in [2.24, 2.45) is 5.73 Å². The Morgan fingerprint density at radius 3 is 2.59 bits per heavy atom. The monoisotopic (exact) mass is 551 g/mol. The van der Waals surface area contributed by atoms with E-state index < -0.39 is 18.1 Å². The van der Waals surface area contributed by atoms with Gasteiger partial charge in [0, 0.05) is 35.0 Å². The van der Waals surface area contributed by atoms with Crippen LogP contribution in [0.25, 0.3) is 22.0 Å². The number of fused-ring (bicyclic) bond motifs is 1. The van der Waals surface area contributed by atoms with E-state index in [4.69, 9.17) is 5.73 Å². The number of halogens is 1. The molecule has 5 rings (SSSR count). The number of amides is 2. The van der Waals surface area contributed by atoms with Gasteiger partial charge in [0.05, 0.1) is 29.7 Å². The molecular formula is C32H30FN5O3. The minimum atomic E-state index is -1.09. The van der Waals surface area contributed by atoms with Crippen LogP contribution in [0, 0.1) is 18.3 Å². The molecule has 8 nitrogen and oxygen atoms in total. The number of rotatable bonds is 7. The number of nitrogens with zero attached hydrogens (tertiary/aromatic N) is 4. The number of nitrogens with two attached hydrogens (primary N) is 1. The molecule has 1 fully saturated rings. The summed E-state index contributed by atoms with van der Waals surface area (Å²) in [5, 5.41) is 9.84. The quantitative estimate of drug-likeness (QED) is 0.362. The maximum absolute atomic E-state index is 14.4. The lowest BCUT2D eigenvalue weighted by Crippen LogP contribution is -2.46. The van der Waals surface area contributed by atoms with Gasteiger partial charge in [-0.1, -0.05) is 24.3 Å². The lowest BCUT2D eigenvalue weighted by Gasteiger charge is -2.29. The normalized spacial score (nSPS) is 17.1. The number of nitriles is 1. The first-order valence-corrected chi connectivity index (χ1v) is 13.6. The van der Waals surface area contributed by atoms with E-state index in [1.807, 2.05) is 37.3 Å². The van der Waals surface area contributed by atoms with Crippen LogP contribution in [-0.4, -0.2) is 50.8 Å². The van der Waals surface area contributed by atoms with Crippen LogP contribution < -0.4 is 5.73 Å². The second-order valence-corrected chi connectivity index (χ2v) is 10.4. The summed E-state index contributed by atoms with van der Waals surface area (Å²) in [5.41, 5.74) is 10.1.